The molecule has 20 heavy (non-hydrogen) atoms. The highest BCUT2D eigenvalue weighted by Gasteiger charge is 2.47. The molecule has 1 N–H and O–H groups in total. The Hall–Kier alpha value is -1.24. The summed E-state index contributed by atoms with van der Waals surface area (Å²) < 4.78 is 7.58. The number of aliphatic hydroxyl groups excluding tert-OH is 1. The molecule has 1 saturated heterocycles. The molecule has 6 nitrogen and oxygen atoms in total. The van der Waals surface area contributed by atoms with Gasteiger partial charge in [0.05, 0.1) is 12.9 Å². The van der Waals surface area contributed by atoms with Gasteiger partial charge < -0.3 is 14.4 Å². The van der Waals surface area contributed by atoms with Crippen molar-refractivity contribution in [3.63, 3.8) is 0 Å². The van der Waals surface area contributed by atoms with Gasteiger partial charge in [0, 0.05) is 25.2 Å². The lowest BCUT2D eigenvalue weighted by atomic mass is 9.92. The fourth-order valence-electron chi connectivity index (χ4n) is 3.74. The van der Waals surface area contributed by atoms with Crippen LogP contribution in [0.2, 0.25) is 5.15 Å². The number of hydrogen-bond acceptors (Lipinski definition) is 5. The van der Waals surface area contributed by atoms with E-state index in [4.69, 9.17) is 16.3 Å². The SMILES string of the molecule is OC[C@@H]1[C@@H]2COC[C@H]2C[C@H]1n1cnc2c(Cl)ncnc21. The second-order valence-corrected chi connectivity index (χ2v) is 5.96. The van der Waals surface area contributed by atoms with Crippen LogP contribution >= 0.6 is 11.6 Å². The van der Waals surface area contributed by atoms with Crippen LogP contribution in [-0.2, 0) is 4.74 Å². The quantitative estimate of drug-likeness (QED) is 0.845. The first kappa shape index (κ1) is 12.5. The summed E-state index contributed by atoms with van der Waals surface area (Å²) in [4.78, 5) is 12.6. The van der Waals surface area contributed by atoms with Crippen LogP contribution in [0.3, 0.4) is 0 Å². The van der Waals surface area contributed by atoms with Gasteiger partial charge in [0.25, 0.3) is 0 Å². The van der Waals surface area contributed by atoms with E-state index in [0.717, 1.165) is 25.3 Å². The number of aliphatic hydroxyl groups is 1. The molecule has 2 fully saturated rings. The Labute approximate surface area is 120 Å². The molecule has 3 heterocycles. The predicted octanol–water partition coefficient (Wildman–Crippen LogP) is 1.30. The van der Waals surface area contributed by atoms with Crippen molar-refractivity contribution in [1.82, 2.24) is 19.5 Å². The number of halogens is 1. The normalized spacial score (nSPS) is 32.9. The fraction of sp³-hybridized carbons (Fsp3) is 0.615. The largest absolute Gasteiger partial charge is 0.396 e. The van der Waals surface area contributed by atoms with Crippen LogP contribution in [0, 0.1) is 17.8 Å². The number of imidazole rings is 1. The van der Waals surface area contributed by atoms with Gasteiger partial charge in [0.15, 0.2) is 10.8 Å². The van der Waals surface area contributed by atoms with Gasteiger partial charge in [-0.2, -0.15) is 0 Å². The standard InChI is InChI=1S/C13H15ClN4O2/c14-12-11-13(16-5-15-12)18(6-17-11)10-1-7-3-20-4-9(7)8(10)2-19/h5-10,19H,1-4H2/t7-,8-,9-,10-/m1/s1. The Kier molecular flexibility index (Phi) is 2.90. The molecular formula is C13H15ClN4O2. The van der Waals surface area contributed by atoms with Crippen molar-refractivity contribution in [3.8, 4) is 0 Å². The summed E-state index contributed by atoms with van der Waals surface area (Å²) in [5, 5.41) is 10.1. The molecule has 0 aromatic carbocycles. The Bertz CT molecular complexity index is 646. The molecule has 0 bridgehead atoms. The highest BCUT2D eigenvalue weighted by atomic mass is 35.5. The molecule has 0 amide bonds. The molecule has 0 spiro atoms. The van der Waals surface area contributed by atoms with Crippen molar-refractivity contribution in [2.24, 2.45) is 17.8 Å². The average Bonchev–Trinajstić information content (AvgIpc) is 3.11. The van der Waals surface area contributed by atoms with Crippen LogP contribution in [0.15, 0.2) is 12.7 Å². The van der Waals surface area contributed by atoms with Crippen molar-refractivity contribution in [2.75, 3.05) is 19.8 Å². The molecule has 2 aromatic rings. The van der Waals surface area contributed by atoms with E-state index in [2.05, 4.69) is 15.0 Å². The van der Waals surface area contributed by atoms with Crippen LogP contribution in [0.25, 0.3) is 11.2 Å². The third-order valence-corrected chi connectivity index (χ3v) is 4.99. The van der Waals surface area contributed by atoms with Crippen LogP contribution in [0.1, 0.15) is 12.5 Å². The summed E-state index contributed by atoms with van der Waals surface area (Å²) in [5.41, 5.74) is 1.37. The third-order valence-electron chi connectivity index (χ3n) is 4.72. The zero-order chi connectivity index (χ0) is 13.7. The lowest BCUT2D eigenvalue weighted by Gasteiger charge is -2.22. The Morgan fingerprint density at radius 3 is 3.10 bits per heavy atom. The minimum Gasteiger partial charge on any atom is -0.396 e. The molecule has 106 valence electrons. The number of nitrogens with zero attached hydrogens (tertiary/aromatic N) is 4. The van der Waals surface area contributed by atoms with Gasteiger partial charge in [0.1, 0.15) is 11.8 Å². The monoisotopic (exact) mass is 294 g/mol. The summed E-state index contributed by atoms with van der Waals surface area (Å²) in [6, 6.07) is 0.204. The number of aromatic nitrogens is 4. The zero-order valence-corrected chi connectivity index (χ0v) is 11.6. The maximum absolute atomic E-state index is 9.76. The van der Waals surface area contributed by atoms with Gasteiger partial charge in [-0.3, -0.25) is 0 Å². The van der Waals surface area contributed by atoms with E-state index in [1.165, 1.54) is 6.33 Å². The van der Waals surface area contributed by atoms with Gasteiger partial charge in [0.2, 0.25) is 0 Å². The molecule has 0 radical (unpaired) electrons. The van der Waals surface area contributed by atoms with Gasteiger partial charge >= 0.3 is 0 Å². The zero-order valence-electron chi connectivity index (χ0n) is 10.8. The highest BCUT2D eigenvalue weighted by Crippen LogP contribution is 2.48. The van der Waals surface area contributed by atoms with Crippen LogP contribution in [0.5, 0.6) is 0 Å². The number of fused-ring (bicyclic) bond motifs is 2. The first-order valence-corrected chi connectivity index (χ1v) is 7.19. The number of rotatable bonds is 2. The second kappa shape index (κ2) is 4.65. The van der Waals surface area contributed by atoms with E-state index in [1.807, 2.05) is 4.57 Å². The summed E-state index contributed by atoms with van der Waals surface area (Å²) in [5.74, 6) is 1.14. The average molecular weight is 295 g/mol. The van der Waals surface area contributed by atoms with Crippen molar-refractivity contribution >= 4 is 22.8 Å². The van der Waals surface area contributed by atoms with Crippen molar-refractivity contribution in [1.29, 1.82) is 0 Å². The molecule has 4 atom stereocenters. The first-order chi connectivity index (χ1) is 9.79. The molecule has 0 unspecified atom stereocenters. The Balaban J connectivity index is 1.77. The van der Waals surface area contributed by atoms with Crippen molar-refractivity contribution < 1.29 is 9.84 Å². The second-order valence-electron chi connectivity index (χ2n) is 5.60. The van der Waals surface area contributed by atoms with Crippen LogP contribution in [-0.4, -0.2) is 44.4 Å². The summed E-state index contributed by atoms with van der Waals surface area (Å²) in [6.45, 7) is 1.70. The van der Waals surface area contributed by atoms with Gasteiger partial charge in [-0.1, -0.05) is 11.6 Å². The molecule has 7 heteroatoms. The van der Waals surface area contributed by atoms with Crippen molar-refractivity contribution in [2.45, 2.75) is 12.5 Å². The molecule has 1 saturated carbocycles. The minimum absolute atomic E-state index is 0.160. The summed E-state index contributed by atoms with van der Waals surface area (Å²) >= 11 is 6.05. The smallest absolute Gasteiger partial charge is 0.165 e. The molecule has 4 rings (SSSR count). The maximum Gasteiger partial charge on any atom is 0.165 e. The molecule has 1 aliphatic heterocycles. The number of ether oxygens (including phenoxy) is 1. The molecular weight excluding hydrogens is 280 g/mol. The lowest BCUT2D eigenvalue weighted by molar-refractivity contribution is 0.118. The predicted molar refractivity (Wildman–Crippen MR) is 72.4 cm³/mol. The highest BCUT2D eigenvalue weighted by molar-refractivity contribution is 6.33. The summed E-state index contributed by atoms with van der Waals surface area (Å²) in [7, 11) is 0. The third kappa shape index (κ3) is 1.68. The number of hydrogen-bond donors (Lipinski definition) is 1. The fourth-order valence-corrected chi connectivity index (χ4v) is 3.92. The Morgan fingerprint density at radius 2 is 2.25 bits per heavy atom. The maximum atomic E-state index is 9.76. The van der Waals surface area contributed by atoms with Gasteiger partial charge in [-0.25, -0.2) is 15.0 Å². The van der Waals surface area contributed by atoms with E-state index in [1.54, 1.807) is 6.33 Å². The van der Waals surface area contributed by atoms with Crippen molar-refractivity contribution in [3.05, 3.63) is 17.8 Å². The van der Waals surface area contributed by atoms with Gasteiger partial charge in [-0.05, 0) is 18.3 Å². The van der Waals surface area contributed by atoms with E-state index in [-0.39, 0.29) is 18.6 Å². The molecule has 2 aromatic heterocycles. The lowest BCUT2D eigenvalue weighted by Crippen LogP contribution is -2.23. The van der Waals surface area contributed by atoms with E-state index >= 15 is 0 Å². The van der Waals surface area contributed by atoms with E-state index < -0.39 is 0 Å². The first-order valence-electron chi connectivity index (χ1n) is 6.81. The van der Waals surface area contributed by atoms with Gasteiger partial charge in [-0.15, -0.1) is 0 Å². The van der Waals surface area contributed by atoms with E-state index in [9.17, 15) is 5.11 Å². The minimum atomic E-state index is 0.160. The van der Waals surface area contributed by atoms with Crippen LogP contribution < -0.4 is 0 Å². The Morgan fingerprint density at radius 1 is 1.35 bits per heavy atom. The molecule has 2 aliphatic rings. The summed E-state index contributed by atoms with van der Waals surface area (Å²) in [6.07, 6.45) is 4.21. The van der Waals surface area contributed by atoms with E-state index in [0.29, 0.717) is 22.5 Å². The van der Waals surface area contributed by atoms with Crippen LogP contribution in [0.4, 0.5) is 0 Å². The molecule has 1 aliphatic carbocycles. The topological polar surface area (TPSA) is 73.1 Å².